The summed E-state index contributed by atoms with van der Waals surface area (Å²) in [7, 11) is 1.77. The SMILES string of the molecule is COCCN1CCC(NC(=NCCc2ccco2)NC2CCc3ccccc3C2)CC1.I. The Hall–Kier alpha value is -1.58. The van der Waals surface area contributed by atoms with Crippen LogP contribution in [-0.4, -0.2) is 62.8 Å². The average Bonchev–Trinajstić information content (AvgIpc) is 3.32. The normalized spacial score (nSPS) is 19.8. The maximum absolute atomic E-state index is 5.47. The van der Waals surface area contributed by atoms with E-state index in [4.69, 9.17) is 14.1 Å². The van der Waals surface area contributed by atoms with Gasteiger partial charge in [0.1, 0.15) is 5.76 Å². The van der Waals surface area contributed by atoms with E-state index in [1.807, 2.05) is 12.1 Å². The highest BCUT2D eigenvalue weighted by Gasteiger charge is 2.23. The Morgan fingerprint density at radius 2 is 1.84 bits per heavy atom. The number of nitrogens with one attached hydrogen (secondary N) is 2. The molecule has 0 spiro atoms. The number of rotatable bonds is 8. The molecule has 176 valence electrons. The molecule has 2 heterocycles. The third-order valence-corrected chi connectivity index (χ3v) is 6.44. The van der Waals surface area contributed by atoms with Gasteiger partial charge in [-0.25, -0.2) is 0 Å². The van der Waals surface area contributed by atoms with E-state index in [-0.39, 0.29) is 24.0 Å². The fourth-order valence-corrected chi connectivity index (χ4v) is 4.59. The number of halogens is 1. The largest absolute Gasteiger partial charge is 0.469 e. The van der Waals surface area contributed by atoms with E-state index in [0.29, 0.717) is 12.1 Å². The van der Waals surface area contributed by atoms with Gasteiger partial charge in [0, 0.05) is 51.8 Å². The number of fused-ring (bicyclic) bond motifs is 1. The number of ether oxygens (including phenoxy) is 1. The number of hydrogen-bond acceptors (Lipinski definition) is 4. The summed E-state index contributed by atoms with van der Waals surface area (Å²) in [5, 5.41) is 7.48. The third-order valence-electron chi connectivity index (χ3n) is 6.44. The number of guanidine groups is 1. The summed E-state index contributed by atoms with van der Waals surface area (Å²) in [4.78, 5) is 7.40. The molecule has 2 aromatic rings. The maximum Gasteiger partial charge on any atom is 0.191 e. The predicted molar refractivity (Wildman–Crippen MR) is 140 cm³/mol. The fourth-order valence-electron chi connectivity index (χ4n) is 4.59. The van der Waals surface area contributed by atoms with Crippen LogP contribution in [0, 0.1) is 0 Å². The molecule has 4 rings (SSSR count). The lowest BCUT2D eigenvalue weighted by Gasteiger charge is -2.34. The molecule has 1 aliphatic heterocycles. The van der Waals surface area contributed by atoms with Crippen molar-refractivity contribution in [3.8, 4) is 0 Å². The minimum atomic E-state index is 0. The van der Waals surface area contributed by atoms with Crippen molar-refractivity contribution in [3.05, 3.63) is 59.5 Å². The number of likely N-dealkylation sites (tertiary alicyclic amines) is 1. The third kappa shape index (κ3) is 7.49. The van der Waals surface area contributed by atoms with Gasteiger partial charge in [0.2, 0.25) is 0 Å². The molecule has 1 aromatic carbocycles. The second kappa shape index (κ2) is 13.2. The second-order valence-electron chi connectivity index (χ2n) is 8.67. The van der Waals surface area contributed by atoms with Crippen molar-refractivity contribution >= 4 is 29.9 Å². The van der Waals surface area contributed by atoms with E-state index in [1.54, 1.807) is 13.4 Å². The van der Waals surface area contributed by atoms with Crippen LogP contribution in [0.3, 0.4) is 0 Å². The Labute approximate surface area is 209 Å². The van der Waals surface area contributed by atoms with Crippen molar-refractivity contribution in [2.75, 3.05) is 39.9 Å². The van der Waals surface area contributed by atoms with Gasteiger partial charge in [-0.1, -0.05) is 24.3 Å². The molecule has 7 heteroatoms. The van der Waals surface area contributed by atoms with E-state index in [2.05, 4.69) is 39.8 Å². The van der Waals surface area contributed by atoms with Gasteiger partial charge in [-0.05, 0) is 55.4 Å². The van der Waals surface area contributed by atoms with Gasteiger partial charge in [-0.2, -0.15) is 0 Å². The first-order chi connectivity index (χ1) is 15.3. The van der Waals surface area contributed by atoms with Gasteiger partial charge in [0.25, 0.3) is 0 Å². The molecule has 2 aliphatic rings. The number of hydrogen-bond donors (Lipinski definition) is 2. The van der Waals surface area contributed by atoms with E-state index in [1.165, 1.54) is 11.1 Å². The molecule has 6 nitrogen and oxygen atoms in total. The molecule has 1 fully saturated rings. The Kier molecular flexibility index (Phi) is 10.3. The minimum absolute atomic E-state index is 0. The number of aliphatic imine (C=N–C) groups is 1. The van der Waals surface area contributed by atoms with Crippen LogP contribution in [0.2, 0.25) is 0 Å². The molecule has 0 radical (unpaired) electrons. The number of methoxy groups -OCH3 is 1. The van der Waals surface area contributed by atoms with Crippen molar-refractivity contribution in [2.45, 2.75) is 50.6 Å². The smallest absolute Gasteiger partial charge is 0.191 e. The Morgan fingerprint density at radius 1 is 1.06 bits per heavy atom. The Balaban J connectivity index is 0.00000289. The van der Waals surface area contributed by atoms with Crippen molar-refractivity contribution in [3.63, 3.8) is 0 Å². The molecule has 0 bridgehead atoms. The molecule has 0 amide bonds. The topological polar surface area (TPSA) is 62.0 Å². The highest BCUT2D eigenvalue weighted by atomic mass is 127. The highest BCUT2D eigenvalue weighted by Crippen LogP contribution is 2.21. The summed E-state index contributed by atoms with van der Waals surface area (Å²) in [6.45, 7) is 4.77. The summed E-state index contributed by atoms with van der Waals surface area (Å²) in [6.07, 6.45) is 8.16. The van der Waals surface area contributed by atoms with Gasteiger partial charge in [-0.15, -0.1) is 24.0 Å². The first-order valence-corrected chi connectivity index (χ1v) is 11.7. The lowest BCUT2D eigenvalue weighted by atomic mass is 9.88. The Morgan fingerprint density at radius 3 is 2.59 bits per heavy atom. The van der Waals surface area contributed by atoms with E-state index >= 15 is 0 Å². The molecule has 32 heavy (non-hydrogen) atoms. The summed E-state index contributed by atoms with van der Waals surface area (Å²) >= 11 is 0. The van der Waals surface area contributed by atoms with Crippen molar-refractivity contribution in [1.82, 2.24) is 15.5 Å². The number of furan rings is 1. The highest BCUT2D eigenvalue weighted by molar-refractivity contribution is 14.0. The van der Waals surface area contributed by atoms with Crippen LogP contribution in [0.5, 0.6) is 0 Å². The van der Waals surface area contributed by atoms with Crippen molar-refractivity contribution < 1.29 is 9.15 Å². The summed E-state index contributed by atoms with van der Waals surface area (Å²) in [5.74, 6) is 1.94. The second-order valence-corrected chi connectivity index (χ2v) is 8.67. The predicted octanol–water partition coefficient (Wildman–Crippen LogP) is 3.64. The molecule has 2 N–H and O–H groups in total. The van der Waals surface area contributed by atoms with Crippen LogP contribution in [-0.2, 0) is 24.0 Å². The zero-order valence-corrected chi connectivity index (χ0v) is 21.4. The maximum atomic E-state index is 5.47. The molecule has 0 saturated carbocycles. The van der Waals surface area contributed by atoms with Crippen molar-refractivity contribution in [2.24, 2.45) is 4.99 Å². The van der Waals surface area contributed by atoms with Gasteiger partial charge in [0.05, 0.1) is 12.9 Å². The number of aryl methyl sites for hydroxylation is 1. The standard InChI is InChI=1S/C25H36N4O2.HI/c1-30-18-16-29-14-11-22(12-15-29)27-25(26-13-10-24-7-4-17-31-24)28-23-9-8-20-5-2-3-6-21(20)19-23;/h2-7,17,22-23H,8-16,18-19H2,1H3,(H2,26,27,28);1H. The molecular formula is C25H37IN4O2. The van der Waals surface area contributed by atoms with Crippen LogP contribution in [0.15, 0.2) is 52.1 Å². The molecule has 1 aliphatic carbocycles. The van der Waals surface area contributed by atoms with Crippen LogP contribution in [0.25, 0.3) is 0 Å². The zero-order valence-electron chi connectivity index (χ0n) is 19.1. The van der Waals surface area contributed by atoms with Gasteiger partial charge in [0.15, 0.2) is 5.96 Å². The average molecular weight is 553 g/mol. The van der Waals surface area contributed by atoms with Gasteiger partial charge < -0.3 is 24.7 Å². The number of piperidine rings is 1. The first-order valence-electron chi connectivity index (χ1n) is 11.7. The van der Waals surface area contributed by atoms with Crippen molar-refractivity contribution in [1.29, 1.82) is 0 Å². The van der Waals surface area contributed by atoms with Gasteiger partial charge in [-0.3, -0.25) is 4.99 Å². The molecule has 1 unspecified atom stereocenters. The number of benzene rings is 1. The number of nitrogens with zero attached hydrogens (tertiary/aromatic N) is 2. The van der Waals surface area contributed by atoms with E-state index < -0.39 is 0 Å². The van der Waals surface area contributed by atoms with Gasteiger partial charge >= 0.3 is 0 Å². The summed E-state index contributed by atoms with van der Waals surface area (Å²) in [6, 6.07) is 13.7. The fraction of sp³-hybridized carbons (Fsp3) is 0.560. The van der Waals surface area contributed by atoms with Crippen LogP contribution in [0.4, 0.5) is 0 Å². The molecule has 1 atom stereocenters. The first kappa shape index (κ1) is 25.1. The molecule has 1 aromatic heterocycles. The summed E-state index contributed by atoms with van der Waals surface area (Å²) in [5.41, 5.74) is 2.96. The Bertz CT molecular complexity index is 819. The van der Waals surface area contributed by atoms with Crippen LogP contribution in [0.1, 0.15) is 36.1 Å². The van der Waals surface area contributed by atoms with Crippen LogP contribution >= 0.6 is 24.0 Å². The summed E-state index contributed by atoms with van der Waals surface area (Å²) < 4.78 is 10.7. The molecular weight excluding hydrogens is 515 g/mol. The quantitative estimate of drug-likeness (QED) is 0.298. The monoisotopic (exact) mass is 552 g/mol. The zero-order chi connectivity index (χ0) is 21.3. The lowest BCUT2D eigenvalue weighted by Crippen LogP contribution is -2.52. The van der Waals surface area contributed by atoms with E-state index in [0.717, 1.165) is 83.0 Å². The lowest BCUT2D eigenvalue weighted by molar-refractivity contribution is 0.128. The minimum Gasteiger partial charge on any atom is -0.469 e. The molecule has 1 saturated heterocycles. The van der Waals surface area contributed by atoms with Crippen LogP contribution < -0.4 is 10.6 Å². The van der Waals surface area contributed by atoms with E-state index in [9.17, 15) is 0 Å².